The van der Waals surface area contributed by atoms with Crippen molar-refractivity contribution in [3.63, 3.8) is 0 Å². The molecule has 1 aromatic rings. The van der Waals surface area contributed by atoms with Gasteiger partial charge in [0.05, 0.1) is 11.5 Å². The van der Waals surface area contributed by atoms with Gasteiger partial charge in [0.15, 0.2) is 9.84 Å². The van der Waals surface area contributed by atoms with Gasteiger partial charge >= 0.3 is 0 Å². The van der Waals surface area contributed by atoms with E-state index >= 15 is 0 Å². The molecule has 0 saturated carbocycles. The van der Waals surface area contributed by atoms with Crippen LogP contribution in [-0.2, 0) is 9.84 Å². The molecule has 2 fully saturated rings. The smallest absolute Gasteiger partial charge is 0.150 e. The number of hydrogen-bond donors (Lipinski definition) is 1. The summed E-state index contributed by atoms with van der Waals surface area (Å²) in [5.41, 5.74) is 0.964. The number of benzene rings is 1. The molecule has 2 atom stereocenters. The van der Waals surface area contributed by atoms with E-state index in [2.05, 4.69) is 5.32 Å². The third-order valence-electron chi connectivity index (χ3n) is 4.81. The molecule has 20 heavy (non-hydrogen) atoms. The zero-order valence-corrected chi connectivity index (χ0v) is 13.0. The second-order valence-corrected chi connectivity index (χ2v) is 8.68. The molecular formula is C15H20ClNO2S. The van der Waals surface area contributed by atoms with Crippen molar-refractivity contribution in [1.29, 1.82) is 0 Å². The molecule has 2 aliphatic rings. The van der Waals surface area contributed by atoms with Gasteiger partial charge in [0.1, 0.15) is 0 Å². The van der Waals surface area contributed by atoms with Crippen LogP contribution in [-0.4, -0.2) is 33.0 Å². The predicted octanol–water partition coefficient (Wildman–Crippen LogP) is 2.61. The Morgan fingerprint density at radius 1 is 1.25 bits per heavy atom. The lowest BCUT2D eigenvalue weighted by molar-refractivity contribution is 0.168. The Kier molecular flexibility index (Phi) is 3.82. The first kappa shape index (κ1) is 14.4. The minimum Gasteiger partial charge on any atom is -0.316 e. The standard InChI is InChI=1S/C15H20ClNO2S/c16-14-5-2-1-4-12(14)13-10-17-8-7-15(13)6-3-9-20(18,19)11-15/h1-2,4-5,13,17H,3,6-11H2. The van der Waals surface area contributed by atoms with E-state index in [0.29, 0.717) is 11.5 Å². The van der Waals surface area contributed by atoms with E-state index in [4.69, 9.17) is 11.6 Å². The molecule has 2 saturated heterocycles. The molecule has 110 valence electrons. The zero-order valence-electron chi connectivity index (χ0n) is 11.4. The van der Waals surface area contributed by atoms with Gasteiger partial charge in [-0.1, -0.05) is 29.8 Å². The van der Waals surface area contributed by atoms with Crippen LogP contribution in [0.1, 0.15) is 30.7 Å². The number of rotatable bonds is 1. The molecule has 0 amide bonds. The van der Waals surface area contributed by atoms with E-state index in [9.17, 15) is 8.42 Å². The Morgan fingerprint density at radius 3 is 2.80 bits per heavy atom. The molecule has 2 unspecified atom stereocenters. The summed E-state index contributed by atoms with van der Waals surface area (Å²) in [5.74, 6) is 0.856. The van der Waals surface area contributed by atoms with E-state index in [1.165, 1.54) is 0 Å². The fourth-order valence-corrected chi connectivity index (χ4v) is 6.23. The van der Waals surface area contributed by atoms with Crippen molar-refractivity contribution in [2.45, 2.75) is 25.2 Å². The van der Waals surface area contributed by atoms with Crippen LogP contribution in [0, 0.1) is 5.41 Å². The summed E-state index contributed by atoms with van der Waals surface area (Å²) in [6, 6.07) is 7.85. The molecule has 1 N–H and O–H groups in total. The van der Waals surface area contributed by atoms with E-state index in [1.54, 1.807) is 0 Å². The van der Waals surface area contributed by atoms with Crippen molar-refractivity contribution < 1.29 is 8.42 Å². The normalized spacial score (nSPS) is 33.1. The molecule has 3 rings (SSSR count). The third-order valence-corrected chi connectivity index (χ3v) is 7.07. The Morgan fingerprint density at radius 2 is 2.05 bits per heavy atom. The largest absolute Gasteiger partial charge is 0.316 e. The highest BCUT2D eigenvalue weighted by molar-refractivity contribution is 7.91. The average Bonchev–Trinajstić information content (AvgIpc) is 2.39. The zero-order chi connectivity index (χ0) is 14.2. The number of hydrogen-bond acceptors (Lipinski definition) is 3. The summed E-state index contributed by atoms with van der Waals surface area (Å²) < 4.78 is 24.3. The maximum Gasteiger partial charge on any atom is 0.150 e. The van der Waals surface area contributed by atoms with Gasteiger partial charge in [-0.3, -0.25) is 0 Å². The van der Waals surface area contributed by atoms with Gasteiger partial charge in [0.2, 0.25) is 0 Å². The highest BCUT2D eigenvalue weighted by atomic mass is 35.5. The molecule has 0 bridgehead atoms. The molecule has 0 aliphatic carbocycles. The topological polar surface area (TPSA) is 46.2 Å². The predicted molar refractivity (Wildman–Crippen MR) is 82.0 cm³/mol. The summed E-state index contributed by atoms with van der Waals surface area (Å²) >= 11 is 6.35. The van der Waals surface area contributed by atoms with Crippen molar-refractivity contribution in [2.75, 3.05) is 24.6 Å². The minimum absolute atomic E-state index is 0.132. The highest BCUT2D eigenvalue weighted by Crippen LogP contribution is 2.49. The van der Waals surface area contributed by atoms with Crippen LogP contribution in [0.4, 0.5) is 0 Å². The fraction of sp³-hybridized carbons (Fsp3) is 0.600. The number of sulfone groups is 1. The van der Waals surface area contributed by atoms with Crippen LogP contribution >= 0.6 is 11.6 Å². The van der Waals surface area contributed by atoms with Crippen LogP contribution in [0.25, 0.3) is 0 Å². The molecular weight excluding hydrogens is 294 g/mol. The van der Waals surface area contributed by atoms with Gasteiger partial charge < -0.3 is 5.32 Å². The number of piperidine rings is 1. The third kappa shape index (κ3) is 2.61. The van der Waals surface area contributed by atoms with Crippen LogP contribution in [0.5, 0.6) is 0 Å². The minimum atomic E-state index is -2.92. The number of halogens is 1. The first-order valence-corrected chi connectivity index (χ1v) is 9.38. The Balaban J connectivity index is 2.01. The molecule has 2 heterocycles. The second kappa shape index (κ2) is 5.32. The first-order valence-electron chi connectivity index (χ1n) is 7.18. The second-order valence-electron chi connectivity index (χ2n) is 6.09. The fourth-order valence-electron chi connectivity index (χ4n) is 3.87. The van der Waals surface area contributed by atoms with Crippen LogP contribution in [0.15, 0.2) is 24.3 Å². The lowest BCUT2D eigenvalue weighted by atomic mass is 9.66. The van der Waals surface area contributed by atoms with E-state index < -0.39 is 9.84 Å². The maximum absolute atomic E-state index is 12.1. The van der Waals surface area contributed by atoms with Crippen molar-refractivity contribution in [2.24, 2.45) is 5.41 Å². The highest BCUT2D eigenvalue weighted by Gasteiger charge is 2.46. The summed E-state index contributed by atoms with van der Waals surface area (Å²) in [6.45, 7) is 1.72. The van der Waals surface area contributed by atoms with Crippen molar-refractivity contribution >= 4 is 21.4 Å². The molecule has 3 nitrogen and oxygen atoms in total. The van der Waals surface area contributed by atoms with Gasteiger partial charge in [-0.15, -0.1) is 0 Å². The average molecular weight is 314 g/mol. The van der Waals surface area contributed by atoms with Gasteiger partial charge in [-0.25, -0.2) is 8.42 Å². The van der Waals surface area contributed by atoms with Gasteiger partial charge in [0.25, 0.3) is 0 Å². The number of nitrogens with one attached hydrogen (secondary N) is 1. The van der Waals surface area contributed by atoms with Gasteiger partial charge in [-0.05, 0) is 42.9 Å². The summed E-state index contributed by atoms with van der Waals surface area (Å²) in [7, 11) is -2.92. The molecule has 1 spiro atoms. The van der Waals surface area contributed by atoms with Gasteiger partial charge in [0, 0.05) is 17.5 Å². The molecule has 0 aromatic heterocycles. The Bertz CT molecular complexity index is 598. The molecule has 0 radical (unpaired) electrons. The maximum atomic E-state index is 12.1. The van der Waals surface area contributed by atoms with Crippen LogP contribution in [0.2, 0.25) is 5.02 Å². The van der Waals surface area contributed by atoms with Gasteiger partial charge in [-0.2, -0.15) is 0 Å². The quantitative estimate of drug-likeness (QED) is 0.867. The van der Waals surface area contributed by atoms with Crippen molar-refractivity contribution in [3.05, 3.63) is 34.9 Å². The van der Waals surface area contributed by atoms with E-state index in [-0.39, 0.29) is 11.3 Å². The molecule has 2 aliphatic heterocycles. The lowest BCUT2D eigenvalue weighted by Crippen LogP contribution is -2.49. The molecule has 5 heteroatoms. The van der Waals surface area contributed by atoms with E-state index in [1.807, 2.05) is 24.3 Å². The van der Waals surface area contributed by atoms with E-state index in [0.717, 1.165) is 42.9 Å². The van der Waals surface area contributed by atoms with Crippen LogP contribution in [0.3, 0.4) is 0 Å². The summed E-state index contributed by atoms with van der Waals surface area (Å²) in [5, 5.41) is 4.16. The Labute approximate surface area is 125 Å². The Hall–Kier alpha value is -0.580. The lowest BCUT2D eigenvalue weighted by Gasteiger charge is -2.47. The molecule has 1 aromatic carbocycles. The SMILES string of the molecule is O=S1(=O)CCCC2(CCNCC2c2ccccc2Cl)C1. The summed E-state index contributed by atoms with van der Waals surface area (Å²) in [4.78, 5) is 0. The van der Waals surface area contributed by atoms with Crippen molar-refractivity contribution in [3.8, 4) is 0 Å². The van der Waals surface area contributed by atoms with Crippen molar-refractivity contribution in [1.82, 2.24) is 5.32 Å². The monoisotopic (exact) mass is 313 g/mol. The van der Waals surface area contributed by atoms with Crippen LogP contribution < -0.4 is 5.32 Å². The summed E-state index contributed by atoms with van der Waals surface area (Å²) in [6.07, 6.45) is 2.69. The first-order chi connectivity index (χ1) is 9.53.